The lowest BCUT2D eigenvalue weighted by molar-refractivity contribution is -0.118. The second-order valence-electron chi connectivity index (χ2n) is 5.78. The molecule has 2 amide bonds. The highest BCUT2D eigenvalue weighted by Gasteiger charge is 2.28. The summed E-state index contributed by atoms with van der Waals surface area (Å²) in [7, 11) is 1.63. The molecule has 0 spiro atoms. The van der Waals surface area contributed by atoms with Crippen LogP contribution in [-0.2, 0) is 17.6 Å². The van der Waals surface area contributed by atoms with Crippen LogP contribution >= 0.6 is 11.3 Å². The number of amides is 2. The molecule has 0 saturated heterocycles. The highest BCUT2D eigenvalue weighted by atomic mass is 32.1. The predicted octanol–water partition coefficient (Wildman–Crippen LogP) is 2.83. The third-order valence-electron chi connectivity index (χ3n) is 3.73. The Morgan fingerprint density at radius 1 is 1.35 bits per heavy atom. The summed E-state index contributed by atoms with van der Waals surface area (Å²) in [6, 6.07) is 0. The standard InChI is InChI=1S/C15H22N2O2S/c1-8(2)13(18)17-15-12(14(19)16-4)10-6-5-9(3)7-11(10)20-15/h8-9H,5-7H2,1-4H3,(H,16,19)(H,17,18). The van der Waals surface area contributed by atoms with Crippen molar-refractivity contribution >= 4 is 28.2 Å². The molecule has 0 aromatic carbocycles. The summed E-state index contributed by atoms with van der Waals surface area (Å²) in [5.41, 5.74) is 1.81. The van der Waals surface area contributed by atoms with E-state index in [4.69, 9.17) is 0 Å². The third-order valence-corrected chi connectivity index (χ3v) is 4.90. The minimum absolute atomic E-state index is 0.0400. The van der Waals surface area contributed by atoms with Crippen LogP contribution in [0.3, 0.4) is 0 Å². The first-order valence-corrected chi connectivity index (χ1v) is 7.93. The third kappa shape index (κ3) is 2.87. The molecule has 1 atom stereocenters. The van der Waals surface area contributed by atoms with Crippen LogP contribution in [0.4, 0.5) is 5.00 Å². The topological polar surface area (TPSA) is 58.2 Å². The zero-order chi connectivity index (χ0) is 14.9. The molecule has 1 aromatic heterocycles. The Morgan fingerprint density at radius 3 is 2.65 bits per heavy atom. The minimum atomic E-state index is -0.101. The van der Waals surface area contributed by atoms with Gasteiger partial charge < -0.3 is 10.6 Å². The SMILES string of the molecule is CNC(=O)c1c(NC(=O)C(C)C)sc2c1CCC(C)C2. The van der Waals surface area contributed by atoms with Crippen LogP contribution in [0.15, 0.2) is 0 Å². The number of rotatable bonds is 3. The van der Waals surface area contributed by atoms with Gasteiger partial charge in [0.05, 0.1) is 5.56 Å². The largest absolute Gasteiger partial charge is 0.355 e. The van der Waals surface area contributed by atoms with Crippen LogP contribution in [0.2, 0.25) is 0 Å². The first-order chi connectivity index (χ1) is 9.43. The Labute approximate surface area is 124 Å². The van der Waals surface area contributed by atoms with Gasteiger partial charge in [0.1, 0.15) is 5.00 Å². The molecule has 110 valence electrons. The minimum Gasteiger partial charge on any atom is -0.355 e. The zero-order valence-corrected chi connectivity index (χ0v) is 13.3. The predicted molar refractivity (Wildman–Crippen MR) is 82.4 cm³/mol. The number of fused-ring (bicyclic) bond motifs is 1. The van der Waals surface area contributed by atoms with Crippen molar-refractivity contribution < 1.29 is 9.59 Å². The van der Waals surface area contributed by atoms with Crippen LogP contribution in [-0.4, -0.2) is 18.9 Å². The van der Waals surface area contributed by atoms with Gasteiger partial charge in [0.15, 0.2) is 0 Å². The molecular formula is C15H22N2O2S. The van der Waals surface area contributed by atoms with Crippen LogP contribution in [0, 0.1) is 11.8 Å². The van der Waals surface area contributed by atoms with E-state index in [2.05, 4.69) is 17.6 Å². The molecular weight excluding hydrogens is 272 g/mol. The quantitative estimate of drug-likeness (QED) is 0.900. The summed E-state index contributed by atoms with van der Waals surface area (Å²) < 4.78 is 0. The van der Waals surface area contributed by atoms with Crippen LogP contribution < -0.4 is 10.6 Å². The summed E-state index contributed by atoms with van der Waals surface area (Å²) in [5, 5.41) is 6.31. The van der Waals surface area contributed by atoms with Crippen molar-refractivity contribution in [2.24, 2.45) is 11.8 Å². The molecule has 2 rings (SSSR count). The number of thiophene rings is 1. The molecule has 2 N–H and O–H groups in total. The maximum atomic E-state index is 12.1. The van der Waals surface area contributed by atoms with Crippen LogP contribution in [0.1, 0.15) is 48.0 Å². The van der Waals surface area contributed by atoms with Crippen molar-refractivity contribution in [1.82, 2.24) is 5.32 Å². The fourth-order valence-electron chi connectivity index (χ4n) is 2.46. The number of hydrogen-bond acceptors (Lipinski definition) is 3. The maximum Gasteiger partial charge on any atom is 0.254 e. The Kier molecular flexibility index (Phi) is 4.48. The molecule has 0 saturated carbocycles. The Balaban J connectivity index is 2.40. The number of anilines is 1. The first-order valence-electron chi connectivity index (χ1n) is 7.11. The van der Waals surface area contributed by atoms with E-state index in [9.17, 15) is 9.59 Å². The van der Waals surface area contributed by atoms with E-state index < -0.39 is 0 Å². The molecule has 1 aliphatic rings. The molecule has 20 heavy (non-hydrogen) atoms. The van der Waals surface area contributed by atoms with Crippen molar-refractivity contribution in [1.29, 1.82) is 0 Å². The smallest absolute Gasteiger partial charge is 0.254 e. The summed E-state index contributed by atoms with van der Waals surface area (Å²) in [5.74, 6) is 0.413. The number of nitrogens with one attached hydrogen (secondary N) is 2. The lowest BCUT2D eigenvalue weighted by atomic mass is 9.88. The van der Waals surface area contributed by atoms with Gasteiger partial charge in [-0.3, -0.25) is 9.59 Å². The van der Waals surface area contributed by atoms with Gasteiger partial charge in [0.2, 0.25) is 5.91 Å². The Morgan fingerprint density at radius 2 is 2.05 bits per heavy atom. The van der Waals surface area contributed by atoms with Gasteiger partial charge in [0.25, 0.3) is 5.91 Å². The van der Waals surface area contributed by atoms with Gasteiger partial charge in [-0.2, -0.15) is 0 Å². The molecule has 1 aliphatic carbocycles. The summed E-state index contributed by atoms with van der Waals surface area (Å²) in [6.45, 7) is 5.93. The van der Waals surface area contributed by atoms with Crippen LogP contribution in [0.5, 0.6) is 0 Å². The van der Waals surface area contributed by atoms with Gasteiger partial charge in [-0.15, -0.1) is 11.3 Å². The fraction of sp³-hybridized carbons (Fsp3) is 0.600. The highest BCUT2D eigenvalue weighted by Crippen LogP contribution is 2.39. The Bertz CT molecular complexity index is 534. The first kappa shape index (κ1) is 15.0. The second kappa shape index (κ2) is 5.95. The molecule has 0 bridgehead atoms. The molecule has 0 fully saturated rings. The molecule has 5 heteroatoms. The van der Waals surface area contributed by atoms with E-state index >= 15 is 0 Å². The van der Waals surface area contributed by atoms with E-state index in [0.717, 1.165) is 24.8 Å². The molecule has 0 radical (unpaired) electrons. The van der Waals surface area contributed by atoms with Gasteiger partial charge in [-0.25, -0.2) is 0 Å². The van der Waals surface area contributed by atoms with E-state index in [1.165, 1.54) is 4.88 Å². The van der Waals surface area contributed by atoms with Crippen LogP contribution in [0.25, 0.3) is 0 Å². The van der Waals surface area contributed by atoms with Crippen molar-refractivity contribution in [2.45, 2.75) is 40.0 Å². The fourth-order valence-corrected chi connectivity index (χ4v) is 3.87. The average Bonchev–Trinajstić information content (AvgIpc) is 2.74. The van der Waals surface area contributed by atoms with Gasteiger partial charge >= 0.3 is 0 Å². The van der Waals surface area contributed by atoms with Crippen molar-refractivity contribution in [2.75, 3.05) is 12.4 Å². The maximum absolute atomic E-state index is 12.1. The van der Waals surface area contributed by atoms with E-state index in [1.54, 1.807) is 18.4 Å². The molecule has 1 unspecified atom stereocenters. The Hall–Kier alpha value is -1.36. The van der Waals surface area contributed by atoms with Gasteiger partial charge in [-0.05, 0) is 30.7 Å². The number of carbonyl (C=O) groups is 2. The summed E-state index contributed by atoms with van der Waals surface area (Å²) in [4.78, 5) is 25.3. The molecule has 1 heterocycles. The molecule has 1 aromatic rings. The van der Waals surface area contributed by atoms with E-state index in [-0.39, 0.29) is 17.7 Å². The van der Waals surface area contributed by atoms with E-state index in [0.29, 0.717) is 16.5 Å². The van der Waals surface area contributed by atoms with E-state index in [1.807, 2.05) is 13.8 Å². The van der Waals surface area contributed by atoms with Gasteiger partial charge in [-0.1, -0.05) is 20.8 Å². The van der Waals surface area contributed by atoms with Gasteiger partial charge in [0, 0.05) is 17.8 Å². The molecule has 0 aliphatic heterocycles. The lowest BCUT2D eigenvalue weighted by Gasteiger charge is -2.18. The van der Waals surface area contributed by atoms with Crippen molar-refractivity contribution in [3.8, 4) is 0 Å². The second-order valence-corrected chi connectivity index (χ2v) is 6.88. The number of carbonyl (C=O) groups excluding carboxylic acids is 2. The molecule has 4 nitrogen and oxygen atoms in total. The summed E-state index contributed by atoms with van der Waals surface area (Å²) >= 11 is 1.56. The average molecular weight is 294 g/mol. The highest BCUT2D eigenvalue weighted by molar-refractivity contribution is 7.17. The normalized spacial score (nSPS) is 17.8. The van der Waals surface area contributed by atoms with Crippen molar-refractivity contribution in [3.63, 3.8) is 0 Å². The zero-order valence-electron chi connectivity index (χ0n) is 12.5. The number of hydrogen-bond donors (Lipinski definition) is 2. The lowest BCUT2D eigenvalue weighted by Crippen LogP contribution is -2.23. The van der Waals surface area contributed by atoms with Crippen molar-refractivity contribution in [3.05, 3.63) is 16.0 Å². The summed E-state index contributed by atoms with van der Waals surface area (Å²) in [6.07, 6.45) is 3.03. The monoisotopic (exact) mass is 294 g/mol.